The van der Waals surface area contributed by atoms with Crippen LogP contribution in [0.2, 0.25) is 0 Å². The Hall–Kier alpha value is -4.01. The number of methoxy groups -OCH3 is 2. The van der Waals surface area contributed by atoms with Crippen molar-refractivity contribution in [3.05, 3.63) is 97.1 Å². The topological polar surface area (TPSA) is 147 Å². The number of amidine groups is 1. The summed E-state index contributed by atoms with van der Waals surface area (Å²) in [4.78, 5) is 29.7. The van der Waals surface area contributed by atoms with Crippen molar-refractivity contribution in [3.63, 3.8) is 0 Å². The number of benzene rings is 2. The summed E-state index contributed by atoms with van der Waals surface area (Å²) in [7, 11) is 6.93. The number of imidazole rings is 2. The second-order valence-electron chi connectivity index (χ2n) is 11.3. The van der Waals surface area contributed by atoms with E-state index >= 15 is 0 Å². The van der Waals surface area contributed by atoms with Crippen molar-refractivity contribution >= 4 is 26.2 Å². The molecule has 6 rings (SSSR count). The molecule has 0 amide bonds. The molecule has 0 aliphatic carbocycles. The molecule has 2 aromatic carbocycles. The third-order valence-electron chi connectivity index (χ3n) is 8.16. The van der Waals surface area contributed by atoms with Crippen molar-refractivity contribution in [2.45, 2.75) is 57.0 Å². The van der Waals surface area contributed by atoms with E-state index < -0.39 is 11.9 Å². The predicted octanol–water partition coefficient (Wildman–Crippen LogP) is 2.89. The van der Waals surface area contributed by atoms with Crippen LogP contribution in [0.5, 0.6) is 11.5 Å². The Balaban J connectivity index is 0.000000258. The second-order valence-corrected chi connectivity index (χ2v) is 11.3. The van der Waals surface area contributed by atoms with Gasteiger partial charge in [-0.3, -0.25) is 14.7 Å². The van der Waals surface area contributed by atoms with Gasteiger partial charge >= 0.3 is 5.97 Å². The van der Waals surface area contributed by atoms with Gasteiger partial charge in [0.2, 0.25) is 5.84 Å². The molecule has 4 heterocycles. The third-order valence-corrected chi connectivity index (χ3v) is 8.16. The fourth-order valence-electron chi connectivity index (χ4n) is 5.69. The number of nitrogens with one attached hydrogen (secondary N) is 1. The van der Waals surface area contributed by atoms with E-state index in [4.69, 9.17) is 15.9 Å². The van der Waals surface area contributed by atoms with Crippen LogP contribution >= 0.6 is 0 Å². The summed E-state index contributed by atoms with van der Waals surface area (Å²) in [6, 6.07) is 14.1. The van der Waals surface area contributed by atoms with Crippen LogP contribution in [0.4, 0.5) is 0 Å². The zero-order valence-electron chi connectivity index (χ0n) is 29.1. The van der Waals surface area contributed by atoms with Crippen molar-refractivity contribution in [1.29, 1.82) is 1.34 Å². The van der Waals surface area contributed by atoms with Crippen molar-refractivity contribution in [3.8, 4) is 11.5 Å². The zero-order valence-corrected chi connectivity index (χ0v) is 32.3. The Morgan fingerprint density at radius 1 is 0.878 bits per heavy atom. The molecule has 14 heteroatoms. The smallest absolute Gasteiger partial charge is 0.305 e. The monoisotopic (exact) mass is 895 g/mol. The van der Waals surface area contributed by atoms with Crippen LogP contribution in [0.1, 0.15) is 68.2 Å². The van der Waals surface area contributed by atoms with E-state index in [2.05, 4.69) is 28.2 Å². The van der Waals surface area contributed by atoms with Gasteiger partial charge < -0.3 is 33.6 Å². The number of aliphatic carboxylic acids is 2. The van der Waals surface area contributed by atoms with Crippen LogP contribution in [-0.4, -0.2) is 90.1 Å². The van der Waals surface area contributed by atoms with Gasteiger partial charge in [-0.25, -0.2) is 9.97 Å². The number of hydrogen-bond donors (Lipinski definition) is 2. The summed E-state index contributed by atoms with van der Waals surface area (Å²) in [6.45, 7) is 3.79. The third kappa shape index (κ3) is 13.1. The molecule has 2 N–H and O–H groups in total. The standard InChI is InChI=1S/2C13H14N2O3.C9H16N2.BH.U/c2*1-18-11-4-2-10(3-5-11)12(8-13(16)17)15-7-6-14-9-15;1-2-5-9-10-6-4-8-11(9)7-3-1;;/h2*2-7,9,12H,8H2,1H3,(H,16,17);1-8H2;1H;/i;;;1D;. The number of rotatable bonds is 10. The molecule has 0 spiro atoms. The molecule has 49 heavy (non-hydrogen) atoms. The molecule has 0 saturated heterocycles. The van der Waals surface area contributed by atoms with Crippen molar-refractivity contribution in [1.82, 2.24) is 24.4 Å². The van der Waals surface area contributed by atoms with Gasteiger partial charge in [0.15, 0.2) is 0 Å². The van der Waals surface area contributed by atoms with E-state index in [0.717, 1.165) is 22.6 Å². The first-order valence-electron chi connectivity index (χ1n) is 16.4. The average Bonchev–Trinajstić information content (AvgIpc) is 3.83. The quantitative estimate of drug-likeness (QED) is 0.181. The first-order valence-corrected chi connectivity index (χ1v) is 15.9. The van der Waals surface area contributed by atoms with Crippen LogP contribution in [0.15, 0.2) is 86.0 Å². The Morgan fingerprint density at radius 3 is 1.84 bits per heavy atom. The molecule has 0 fully saturated rings. The minimum absolute atomic E-state index is 0. The van der Waals surface area contributed by atoms with Gasteiger partial charge in [0.25, 0.3) is 0 Å². The number of aromatic nitrogens is 4. The zero-order chi connectivity index (χ0) is 35.4. The van der Waals surface area contributed by atoms with E-state index in [0.29, 0.717) is 0 Å². The van der Waals surface area contributed by atoms with Crippen molar-refractivity contribution < 1.29 is 65.0 Å². The molecule has 0 saturated carbocycles. The first-order chi connectivity index (χ1) is 23.9. The van der Waals surface area contributed by atoms with Crippen LogP contribution < -0.4 is 19.9 Å². The van der Waals surface area contributed by atoms with Crippen LogP contribution in [0.3, 0.4) is 0 Å². The molecular formula is C35H45BN6O6U. The van der Waals surface area contributed by atoms with E-state index in [1.807, 2.05) is 36.4 Å². The molecule has 2 aliphatic heterocycles. The van der Waals surface area contributed by atoms with Gasteiger partial charge in [0, 0.05) is 89.5 Å². The van der Waals surface area contributed by atoms with Crippen LogP contribution in [0.25, 0.3) is 0 Å². The molecule has 258 valence electrons. The van der Waals surface area contributed by atoms with Gasteiger partial charge in [-0.1, -0.05) is 24.3 Å². The van der Waals surface area contributed by atoms with Crippen LogP contribution in [0, 0.1) is 31.1 Å². The maximum atomic E-state index is 10.9. The Kier molecular flexibility index (Phi) is 17.6. The van der Waals surface area contributed by atoms with Gasteiger partial charge in [-0.2, -0.15) is 0 Å². The molecule has 0 bridgehead atoms. The summed E-state index contributed by atoms with van der Waals surface area (Å²) >= 11 is 0. The fourth-order valence-corrected chi connectivity index (χ4v) is 5.69. The second kappa shape index (κ2) is 21.9. The fraction of sp³-hybridized carbons (Fsp3) is 0.400. The van der Waals surface area contributed by atoms with E-state index in [-0.39, 0.29) is 56.0 Å². The SMILES string of the molecule is C1CCC2=[N+](CC1)CCCN2.COc1ccc(C(CC(=O)O)n2ccnc2)cc1.COc1ccc(C(CC(=O)[O-])n2ccnc2)cc1.[2H][B].[U]. The van der Waals surface area contributed by atoms with Gasteiger partial charge in [-0.05, 0) is 56.0 Å². The maximum absolute atomic E-state index is 10.9. The Morgan fingerprint density at radius 2 is 1.39 bits per heavy atom. The molecule has 2 atom stereocenters. The molecule has 2 radical (unpaired) electrons. The molecule has 2 aromatic heterocycles. The van der Waals surface area contributed by atoms with E-state index in [9.17, 15) is 14.7 Å². The largest absolute Gasteiger partial charge is 0.550 e. The molecule has 2 unspecified atom stereocenters. The minimum Gasteiger partial charge on any atom is -0.550 e. The summed E-state index contributed by atoms with van der Waals surface area (Å²) < 4.78 is 21.5. The number of nitrogens with zero attached hydrogens (tertiary/aromatic N) is 5. The van der Waals surface area contributed by atoms with Gasteiger partial charge in [-0.15, -0.1) is 0 Å². The normalized spacial score (nSPS) is 14.7. The molecule has 12 nitrogen and oxygen atoms in total. The van der Waals surface area contributed by atoms with Gasteiger partial charge in [0.1, 0.15) is 11.5 Å². The molecular weight excluding hydrogens is 849 g/mol. The minimum atomic E-state index is -1.09. The Bertz CT molecular complexity index is 1440. The first kappa shape index (κ1) is 39.4. The number of carboxylic acids is 2. The summed E-state index contributed by atoms with van der Waals surface area (Å²) in [6.07, 6.45) is 16.7. The average molecular weight is 896 g/mol. The maximum Gasteiger partial charge on any atom is 0.305 e. The number of carboxylic acid groups (broad SMARTS) is 2. The molecule has 2 aliphatic rings. The summed E-state index contributed by atoms with van der Waals surface area (Å²) in [5.41, 5.74) is 1.79. The van der Waals surface area contributed by atoms with Crippen molar-refractivity contribution in [2.75, 3.05) is 33.9 Å². The number of ether oxygens (including phenoxy) is 2. The van der Waals surface area contributed by atoms with Gasteiger partial charge in [0.05, 0.1) is 65.0 Å². The Labute approximate surface area is 314 Å². The number of carbonyl (C=O) groups is 2. The summed E-state index contributed by atoms with van der Waals surface area (Å²) in [5.74, 6) is 1.07. The predicted molar refractivity (Wildman–Crippen MR) is 182 cm³/mol. The van der Waals surface area contributed by atoms with E-state index in [1.165, 1.54) is 57.6 Å². The molecule has 4 aromatic rings. The summed E-state index contributed by atoms with van der Waals surface area (Å²) in [5, 5.41) is 23.3. The number of carbonyl (C=O) groups excluding carboxylic acids is 1. The van der Waals surface area contributed by atoms with Crippen molar-refractivity contribution in [2.24, 2.45) is 0 Å². The van der Waals surface area contributed by atoms with Crippen LogP contribution in [-0.2, 0) is 9.59 Å². The number of hydrogen-bond acceptors (Lipinski definition) is 8. The van der Waals surface area contributed by atoms with E-state index in [1.54, 1.807) is 72.9 Å².